The van der Waals surface area contributed by atoms with E-state index in [2.05, 4.69) is 41.5 Å². The van der Waals surface area contributed by atoms with Crippen LogP contribution in [0.3, 0.4) is 0 Å². The molecule has 1 rings (SSSR count). The average molecular weight is 279 g/mol. The van der Waals surface area contributed by atoms with Crippen LogP contribution in [0.1, 0.15) is 112 Å². The van der Waals surface area contributed by atoms with Crippen molar-refractivity contribution >= 4 is 0 Å². The minimum Gasteiger partial charge on any atom is -0.0776 e. The van der Waals surface area contributed by atoms with E-state index in [1.807, 2.05) is 13.8 Å². The highest BCUT2D eigenvalue weighted by atomic mass is 14.5. The van der Waals surface area contributed by atoms with Crippen LogP contribution < -0.4 is 0 Å². The number of hydrogen-bond donors (Lipinski definition) is 0. The van der Waals surface area contributed by atoms with E-state index in [4.69, 9.17) is 0 Å². The van der Waals surface area contributed by atoms with Crippen LogP contribution in [-0.2, 0) is 0 Å². The molecule has 0 heteroatoms. The summed E-state index contributed by atoms with van der Waals surface area (Å²) >= 11 is 0. The van der Waals surface area contributed by atoms with Crippen LogP contribution in [0.25, 0.3) is 0 Å². The van der Waals surface area contributed by atoms with Crippen molar-refractivity contribution in [2.45, 2.75) is 112 Å². The van der Waals surface area contributed by atoms with Crippen LogP contribution in [0, 0.1) is 16.2 Å². The summed E-state index contributed by atoms with van der Waals surface area (Å²) in [6.45, 7) is 18.6. The largest absolute Gasteiger partial charge is 0.0776 e. The molecule has 1 fully saturated rings. The van der Waals surface area contributed by atoms with E-state index in [1.165, 1.54) is 19.3 Å². The van der Waals surface area contributed by atoms with Gasteiger partial charge in [-0.3, -0.25) is 0 Å². The molecular weight excluding hydrogens is 228 g/mol. The molecule has 0 N–H and O–H groups in total. The Morgan fingerprint density at radius 3 is 0.895 bits per heavy atom. The van der Waals surface area contributed by atoms with Gasteiger partial charge in [0.1, 0.15) is 0 Å². The first kappa shape index (κ1) is 36.4. The van der Waals surface area contributed by atoms with Gasteiger partial charge < -0.3 is 0 Å². The zero-order valence-electron chi connectivity index (χ0n) is 11.6. The lowest BCUT2D eigenvalue weighted by molar-refractivity contribution is -0.0646. The van der Waals surface area contributed by atoms with Gasteiger partial charge in [-0.1, -0.05) is 98.9 Å². The van der Waals surface area contributed by atoms with Crippen molar-refractivity contribution in [3.05, 3.63) is 0 Å². The Labute approximate surface area is 128 Å². The third kappa shape index (κ3) is 6.82. The average Bonchev–Trinajstić information content (AvgIpc) is 2.04. The summed E-state index contributed by atoms with van der Waals surface area (Å²) in [5.74, 6) is 0. The summed E-state index contributed by atoms with van der Waals surface area (Å²) in [5, 5.41) is 0. The predicted molar refractivity (Wildman–Crippen MR) is 100 cm³/mol. The van der Waals surface area contributed by atoms with Crippen LogP contribution in [-0.4, -0.2) is 0 Å². The molecule has 0 amide bonds. The van der Waals surface area contributed by atoms with Gasteiger partial charge in [0.25, 0.3) is 0 Å². The molecule has 0 aromatic carbocycles. The molecule has 1 aliphatic rings. The zero-order chi connectivity index (χ0) is 11.6. The summed E-state index contributed by atoms with van der Waals surface area (Å²) in [5.41, 5.74) is 1.49. The Morgan fingerprint density at radius 2 is 0.737 bits per heavy atom. The van der Waals surface area contributed by atoms with Crippen molar-refractivity contribution in [2.24, 2.45) is 16.2 Å². The van der Waals surface area contributed by atoms with Crippen LogP contribution in [0.2, 0.25) is 0 Å². The summed E-state index contributed by atoms with van der Waals surface area (Å²) < 4.78 is 0. The Balaban J connectivity index is -0.0000000576. The zero-order valence-corrected chi connectivity index (χ0v) is 11.6. The second-order valence-corrected chi connectivity index (χ2v) is 6.25. The first-order chi connectivity index (χ1) is 6.21. The van der Waals surface area contributed by atoms with Gasteiger partial charge in [0.2, 0.25) is 0 Å². The maximum atomic E-state index is 2.44. The summed E-state index contributed by atoms with van der Waals surface area (Å²) in [7, 11) is 0. The van der Waals surface area contributed by atoms with Gasteiger partial charge in [0, 0.05) is 0 Å². The predicted octanol–water partition coefficient (Wildman–Crippen LogP) is 8.46. The van der Waals surface area contributed by atoms with Crippen molar-refractivity contribution in [3.63, 3.8) is 0 Å². The van der Waals surface area contributed by atoms with Gasteiger partial charge in [-0.05, 0) is 29.1 Å². The molecule has 0 atom stereocenters. The van der Waals surface area contributed by atoms with Gasteiger partial charge in [0.05, 0.1) is 0 Å². The quantitative estimate of drug-likeness (QED) is 0.417. The van der Waals surface area contributed by atoms with Gasteiger partial charge in [-0.2, -0.15) is 0 Å². The van der Waals surface area contributed by atoms with Crippen molar-refractivity contribution in [3.8, 4) is 0 Å². The van der Waals surface area contributed by atoms with Gasteiger partial charge in [-0.25, -0.2) is 0 Å². The Hall–Kier alpha value is 0. The molecular formula is C19H50. The maximum Gasteiger partial charge on any atom is -0.0252 e. The highest BCUT2D eigenvalue weighted by molar-refractivity contribution is 4.99. The fourth-order valence-corrected chi connectivity index (χ4v) is 2.51. The third-order valence-electron chi connectivity index (χ3n) is 4.99. The molecule has 19 heavy (non-hydrogen) atoms. The van der Waals surface area contributed by atoms with E-state index in [0.29, 0.717) is 16.2 Å². The van der Waals surface area contributed by atoms with Crippen LogP contribution in [0.5, 0.6) is 0 Å². The molecule has 0 aliphatic heterocycles. The molecule has 126 valence electrons. The van der Waals surface area contributed by atoms with Gasteiger partial charge >= 0.3 is 0 Å². The summed E-state index contributed by atoms with van der Waals surface area (Å²) in [4.78, 5) is 0. The minimum absolute atomic E-state index is 0. The van der Waals surface area contributed by atoms with Crippen LogP contribution in [0.4, 0.5) is 0 Å². The van der Waals surface area contributed by atoms with Crippen molar-refractivity contribution in [1.82, 2.24) is 0 Å². The highest BCUT2D eigenvalue weighted by Gasteiger charge is 2.49. The molecule has 1 saturated carbocycles. The van der Waals surface area contributed by atoms with E-state index in [0.717, 1.165) is 0 Å². The molecule has 0 bridgehead atoms. The molecule has 0 unspecified atom stereocenters. The van der Waals surface area contributed by atoms with Gasteiger partial charge in [0.15, 0.2) is 0 Å². The molecule has 0 spiro atoms. The van der Waals surface area contributed by atoms with E-state index < -0.39 is 0 Å². The fraction of sp³-hybridized carbons (Fsp3) is 1.00. The lowest BCUT2D eigenvalue weighted by Gasteiger charge is -2.56. The van der Waals surface area contributed by atoms with Crippen molar-refractivity contribution in [1.29, 1.82) is 0 Å². The number of hydrogen-bond acceptors (Lipinski definition) is 0. The molecule has 0 radical (unpaired) electrons. The van der Waals surface area contributed by atoms with Crippen molar-refractivity contribution < 1.29 is 0 Å². The standard InChI is InChI=1S/C12H24.C2H6.5CH4/c1-10(2)8-7-9-11(3,4)12(10,5)6;1-2;;;;;/h7-9H2,1-6H3;1-2H3;5*1H4. The molecule has 0 nitrogen and oxygen atoms in total. The van der Waals surface area contributed by atoms with E-state index in [-0.39, 0.29) is 37.1 Å². The lowest BCUT2D eigenvalue weighted by atomic mass is 9.49. The van der Waals surface area contributed by atoms with Crippen molar-refractivity contribution in [2.75, 3.05) is 0 Å². The van der Waals surface area contributed by atoms with Crippen LogP contribution >= 0.6 is 0 Å². The van der Waals surface area contributed by atoms with E-state index >= 15 is 0 Å². The molecule has 0 heterocycles. The smallest absolute Gasteiger partial charge is 0.0252 e. The molecule has 0 saturated heterocycles. The first-order valence-electron chi connectivity index (χ1n) is 6.21. The fourth-order valence-electron chi connectivity index (χ4n) is 2.51. The Kier molecular flexibility index (Phi) is 22.6. The second-order valence-electron chi connectivity index (χ2n) is 6.25. The van der Waals surface area contributed by atoms with Crippen LogP contribution in [0.15, 0.2) is 0 Å². The Morgan fingerprint density at radius 1 is 0.526 bits per heavy atom. The van der Waals surface area contributed by atoms with E-state index in [1.54, 1.807) is 0 Å². The Bertz CT molecular complexity index is 154. The first-order valence-corrected chi connectivity index (χ1v) is 6.21. The maximum absolute atomic E-state index is 2.44. The lowest BCUT2D eigenvalue weighted by Crippen LogP contribution is -2.47. The molecule has 0 aromatic heterocycles. The summed E-state index contributed by atoms with van der Waals surface area (Å²) in [6.07, 6.45) is 4.19. The monoisotopic (exact) mass is 278 g/mol. The van der Waals surface area contributed by atoms with E-state index in [9.17, 15) is 0 Å². The minimum atomic E-state index is 0. The summed E-state index contributed by atoms with van der Waals surface area (Å²) in [6, 6.07) is 0. The third-order valence-corrected chi connectivity index (χ3v) is 4.99. The van der Waals surface area contributed by atoms with Gasteiger partial charge in [-0.15, -0.1) is 0 Å². The number of rotatable bonds is 0. The second kappa shape index (κ2) is 11.8. The molecule has 1 aliphatic carbocycles. The molecule has 0 aromatic rings. The topological polar surface area (TPSA) is 0 Å². The normalized spacial score (nSPS) is 20.2. The highest BCUT2D eigenvalue weighted by Crippen LogP contribution is 2.59. The SMILES string of the molecule is C.C.C.C.C.CC.CC1(C)CCCC(C)(C)C1(C)C.